The highest BCUT2D eigenvalue weighted by molar-refractivity contribution is 5.50. The number of pyridine rings is 1. The maximum Gasteiger partial charge on any atom is 0.287 e. The molecule has 0 aromatic carbocycles. The fourth-order valence-electron chi connectivity index (χ4n) is 1.50. The predicted molar refractivity (Wildman–Crippen MR) is 63.7 cm³/mol. The molecule has 0 spiro atoms. The highest BCUT2D eigenvalue weighted by Gasteiger charge is 2.16. The third-order valence-electron chi connectivity index (χ3n) is 2.63. The molecule has 0 saturated carbocycles. The van der Waals surface area contributed by atoms with E-state index in [2.05, 4.69) is 11.1 Å². The minimum Gasteiger partial charge on any atom is -0.356 e. The Bertz CT molecular complexity index is 467. The molecule has 1 aromatic heterocycles. The molecular formula is C11H14N4O2. The first kappa shape index (κ1) is 12.9. The monoisotopic (exact) mass is 234 g/mol. The van der Waals surface area contributed by atoms with E-state index in [-0.39, 0.29) is 11.7 Å². The number of hydrogen-bond donors (Lipinski definition) is 0. The second-order valence-electron chi connectivity index (χ2n) is 3.91. The molecule has 1 unspecified atom stereocenters. The van der Waals surface area contributed by atoms with Crippen molar-refractivity contribution in [2.24, 2.45) is 0 Å². The number of nitrogens with zero attached hydrogens (tertiary/aromatic N) is 4. The second-order valence-corrected chi connectivity index (χ2v) is 3.91. The third-order valence-corrected chi connectivity index (χ3v) is 2.63. The van der Waals surface area contributed by atoms with Crippen LogP contribution < -0.4 is 4.90 Å². The normalized spacial score (nSPS) is 11.6. The average molecular weight is 234 g/mol. The zero-order valence-corrected chi connectivity index (χ0v) is 10.0. The predicted octanol–water partition coefficient (Wildman–Crippen LogP) is 2.04. The first-order valence-corrected chi connectivity index (χ1v) is 5.18. The van der Waals surface area contributed by atoms with Crippen molar-refractivity contribution >= 4 is 11.5 Å². The smallest absolute Gasteiger partial charge is 0.287 e. The van der Waals surface area contributed by atoms with Crippen LogP contribution >= 0.6 is 0 Å². The molecule has 6 heteroatoms. The zero-order chi connectivity index (χ0) is 13.0. The van der Waals surface area contributed by atoms with Crippen molar-refractivity contribution in [1.29, 1.82) is 5.26 Å². The van der Waals surface area contributed by atoms with E-state index in [1.54, 1.807) is 6.92 Å². The molecule has 0 aliphatic rings. The summed E-state index contributed by atoms with van der Waals surface area (Å²) in [5, 5.41) is 19.2. The first-order valence-electron chi connectivity index (χ1n) is 5.18. The lowest BCUT2D eigenvalue weighted by atomic mass is 10.2. The fourth-order valence-corrected chi connectivity index (χ4v) is 1.50. The van der Waals surface area contributed by atoms with Gasteiger partial charge in [-0.1, -0.05) is 0 Å². The Balaban J connectivity index is 3.00. The summed E-state index contributed by atoms with van der Waals surface area (Å²) in [6, 6.07) is 3.59. The van der Waals surface area contributed by atoms with Crippen molar-refractivity contribution < 1.29 is 4.92 Å². The molecule has 6 nitrogen and oxygen atoms in total. The average Bonchev–Trinajstić information content (AvgIpc) is 2.28. The van der Waals surface area contributed by atoms with E-state index in [1.807, 2.05) is 18.9 Å². The summed E-state index contributed by atoms with van der Waals surface area (Å²) in [6.07, 6.45) is 1.62. The second kappa shape index (κ2) is 5.25. The highest BCUT2D eigenvalue weighted by atomic mass is 16.6. The zero-order valence-electron chi connectivity index (χ0n) is 10.0. The highest BCUT2D eigenvalue weighted by Crippen LogP contribution is 2.22. The molecule has 0 aliphatic heterocycles. The van der Waals surface area contributed by atoms with Gasteiger partial charge < -0.3 is 4.90 Å². The maximum atomic E-state index is 10.6. The van der Waals surface area contributed by atoms with E-state index in [4.69, 9.17) is 5.26 Å². The third kappa shape index (κ3) is 2.91. The summed E-state index contributed by atoms with van der Waals surface area (Å²) in [6.45, 7) is 3.68. The minimum atomic E-state index is -0.470. The van der Waals surface area contributed by atoms with Gasteiger partial charge in [0.15, 0.2) is 0 Å². The van der Waals surface area contributed by atoms with Crippen LogP contribution in [0.2, 0.25) is 0 Å². The van der Waals surface area contributed by atoms with Gasteiger partial charge in [-0.3, -0.25) is 10.1 Å². The molecule has 1 aromatic rings. The number of rotatable bonds is 4. The van der Waals surface area contributed by atoms with Gasteiger partial charge >= 0.3 is 0 Å². The molecule has 1 heterocycles. The molecule has 17 heavy (non-hydrogen) atoms. The van der Waals surface area contributed by atoms with Crippen LogP contribution in [0.4, 0.5) is 11.5 Å². The summed E-state index contributed by atoms with van der Waals surface area (Å²) in [4.78, 5) is 16.0. The number of hydrogen-bond acceptors (Lipinski definition) is 5. The lowest BCUT2D eigenvalue weighted by Gasteiger charge is -2.25. The Morgan fingerprint density at radius 3 is 2.82 bits per heavy atom. The van der Waals surface area contributed by atoms with E-state index in [1.165, 1.54) is 12.3 Å². The number of aryl methyl sites for hydroxylation is 1. The summed E-state index contributed by atoms with van der Waals surface area (Å²) >= 11 is 0. The number of anilines is 1. The Hall–Kier alpha value is -2.16. The number of nitriles is 1. The fraction of sp³-hybridized carbons (Fsp3) is 0.455. The molecule has 0 radical (unpaired) electrons. The van der Waals surface area contributed by atoms with Crippen LogP contribution in [0.1, 0.15) is 18.9 Å². The molecule has 0 aliphatic carbocycles. The molecule has 0 bridgehead atoms. The van der Waals surface area contributed by atoms with E-state index in [0.717, 1.165) is 5.56 Å². The van der Waals surface area contributed by atoms with Crippen molar-refractivity contribution in [3.05, 3.63) is 27.9 Å². The molecule has 0 amide bonds. The van der Waals surface area contributed by atoms with Crippen LogP contribution in [-0.4, -0.2) is 23.0 Å². The Morgan fingerprint density at radius 2 is 2.35 bits per heavy atom. The summed E-state index contributed by atoms with van der Waals surface area (Å²) in [5.74, 6) is 0.665. The van der Waals surface area contributed by atoms with Crippen LogP contribution in [0.25, 0.3) is 0 Å². The summed E-state index contributed by atoms with van der Waals surface area (Å²) < 4.78 is 0. The van der Waals surface area contributed by atoms with Crippen molar-refractivity contribution in [2.75, 3.05) is 11.9 Å². The molecular weight excluding hydrogens is 220 g/mol. The summed E-state index contributed by atoms with van der Waals surface area (Å²) in [7, 11) is 1.82. The van der Waals surface area contributed by atoms with Crippen molar-refractivity contribution in [1.82, 2.24) is 4.98 Å². The van der Waals surface area contributed by atoms with Crippen LogP contribution in [-0.2, 0) is 0 Å². The molecule has 0 saturated heterocycles. The van der Waals surface area contributed by atoms with Crippen molar-refractivity contribution in [3.63, 3.8) is 0 Å². The Labute approximate surface area is 99.6 Å². The van der Waals surface area contributed by atoms with Gasteiger partial charge in [0.1, 0.15) is 12.0 Å². The van der Waals surface area contributed by atoms with Gasteiger partial charge in [0.25, 0.3) is 5.69 Å². The summed E-state index contributed by atoms with van der Waals surface area (Å²) in [5.41, 5.74) is 0.707. The van der Waals surface area contributed by atoms with Crippen molar-refractivity contribution in [3.8, 4) is 6.07 Å². The quantitative estimate of drug-likeness (QED) is 0.588. The Morgan fingerprint density at radius 1 is 1.71 bits per heavy atom. The Kier molecular flexibility index (Phi) is 3.99. The SMILES string of the molecule is Cc1cc([N+](=O)[O-])cnc1N(C)C(C)CC#N. The van der Waals surface area contributed by atoms with E-state index in [0.29, 0.717) is 12.2 Å². The van der Waals surface area contributed by atoms with Gasteiger partial charge in [-0.2, -0.15) is 5.26 Å². The molecule has 1 rings (SSSR count). The van der Waals surface area contributed by atoms with Crippen LogP contribution in [0.5, 0.6) is 0 Å². The van der Waals surface area contributed by atoms with E-state index < -0.39 is 4.92 Å². The number of aromatic nitrogens is 1. The van der Waals surface area contributed by atoms with Gasteiger partial charge in [-0.15, -0.1) is 0 Å². The molecule has 1 atom stereocenters. The van der Waals surface area contributed by atoms with Gasteiger partial charge in [0, 0.05) is 19.2 Å². The van der Waals surface area contributed by atoms with Gasteiger partial charge in [-0.25, -0.2) is 4.98 Å². The van der Waals surface area contributed by atoms with E-state index in [9.17, 15) is 10.1 Å². The van der Waals surface area contributed by atoms with Gasteiger partial charge in [0.05, 0.1) is 17.4 Å². The molecule has 0 N–H and O–H groups in total. The minimum absolute atomic E-state index is 0.0208. The maximum absolute atomic E-state index is 10.6. The van der Waals surface area contributed by atoms with Crippen LogP contribution in [0.15, 0.2) is 12.3 Å². The lowest BCUT2D eigenvalue weighted by molar-refractivity contribution is -0.385. The van der Waals surface area contributed by atoms with Crippen LogP contribution in [0, 0.1) is 28.4 Å². The topological polar surface area (TPSA) is 83.1 Å². The molecule has 90 valence electrons. The van der Waals surface area contributed by atoms with Gasteiger partial charge in [0.2, 0.25) is 0 Å². The standard InChI is InChI=1S/C11H14N4O2/c1-8-6-10(15(16)17)7-13-11(8)14(3)9(2)4-5-12/h6-7,9H,4H2,1-3H3. The number of nitro groups is 1. The van der Waals surface area contributed by atoms with E-state index >= 15 is 0 Å². The van der Waals surface area contributed by atoms with Gasteiger partial charge in [-0.05, 0) is 19.4 Å². The largest absolute Gasteiger partial charge is 0.356 e. The lowest BCUT2D eigenvalue weighted by Crippen LogP contribution is -2.29. The van der Waals surface area contributed by atoms with Crippen molar-refractivity contribution in [2.45, 2.75) is 26.3 Å². The van der Waals surface area contributed by atoms with Crippen LogP contribution in [0.3, 0.4) is 0 Å². The first-order chi connectivity index (χ1) is 7.97. The molecule has 0 fully saturated rings.